The summed E-state index contributed by atoms with van der Waals surface area (Å²) in [6.45, 7) is 3.96. The first-order valence-corrected chi connectivity index (χ1v) is 12.0. The van der Waals surface area contributed by atoms with Gasteiger partial charge in [0.25, 0.3) is 10.1 Å². The van der Waals surface area contributed by atoms with E-state index in [-0.39, 0.29) is 11.0 Å². The first-order chi connectivity index (χ1) is 14.3. The Labute approximate surface area is 179 Å². The second-order valence-electron chi connectivity index (χ2n) is 8.48. The number of hydrogen-bond donors (Lipinski definition) is 0. The molecular weight excluding hydrogens is 396 g/mol. The Bertz CT molecular complexity index is 1130. The van der Waals surface area contributed by atoms with Gasteiger partial charge in [0.2, 0.25) is 0 Å². The van der Waals surface area contributed by atoms with Gasteiger partial charge in [-0.15, -0.1) is 0 Å². The van der Waals surface area contributed by atoms with Crippen LogP contribution in [0.1, 0.15) is 29.7 Å². The van der Waals surface area contributed by atoms with Gasteiger partial charge in [-0.2, -0.15) is 8.42 Å². The van der Waals surface area contributed by atoms with Gasteiger partial charge in [-0.1, -0.05) is 35.9 Å². The second kappa shape index (κ2) is 8.53. The lowest BCUT2D eigenvalue weighted by Crippen LogP contribution is -2.26. The Hall–Kier alpha value is -2.15. The number of hydrogen-bond acceptors (Lipinski definition) is 4. The average Bonchev–Trinajstić information content (AvgIpc) is 3.01. The summed E-state index contributed by atoms with van der Waals surface area (Å²) in [5.74, 6) is 0. The lowest BCUT2D eigenvalue weighted by atomic mass is 9.93. The molecule has 6 heteroatoms. The molecule has 30 heavy (non-hydrogen) atoms. The van der Waals surface area contributed by atoms with Gasteiger partial charge in [-0.05, 0) is 70.6 Å². The zero-order chi connectivity index (χ0) is 21.3. The zero-order valence-electron chi connectivity index (χ0n) is 18.0. The van der Waals surface area contributed by atoms with E-state index in [9.17, 15) is 8.42 Å². The first kappa shape index (κ1) is 21.1. The third kappa shape index (κ3) is 4.31. The summed E-state index contributed by atoms with van der Waals surface area (Å²) < 4.78 is 33.6. The predicted octanol–water partition coefficient (Wildman–Crippen LogP) is 4.16. The third-order valence-electron chi connectivity index (χ3n) is 5.89. The van der Waals surface area contributed by atoms with Crippen LogP contribution >= 0.6 is 0 Å². The van der Waals surface area contributed by atoms with E-state index < -0.39 is 10.1 Å². The fourth-order valence-electron chi connectivity index (χ4n) is 4.39. The molecule has 0 spiro atoms. The zero-order valence-corrected chi connectivity index (χ0v) is 18.8. The maximum Gasteiger partial charge on any atom is 0.297 e. The monoisotopic (exact) mass is 426 g/mol. The molecule has 4 rings (SSSR count). The maximum atomic E-state index is 12.8. The molecule has 1 atom stereocenters. The molecule has 0 fully saturated rings. The maximum absolute atomic E-state index is 12.8. The molecule has 3 aromatic rings. The molecule has 0 radical (unpaired) electrons. The van der Waals surface area contributed by atoms with Crippen molar-refractivity contribution in [1.82, 2.24) is 9.47 Å². The van der Waals surface area contributed by atoms with Crippen LogP contribution < -0.4 is 0 Å². The van der Waals surface area contributed by atoms with Crippen LogP contribution in [0.25, 0.3) is 10.9 Å². The van der Waals surface area contributed by atoms with Crippen molar-refractivity contribution in [3.05, 3.63) is 65.4 Å². The largest absolute Gasteiger partial charge is 0.344 e. The van der Waals surface area contributed by atoms with Crippen molar-refractivity contribution in [3.8, 4) is 0 Å². The summed E-state index contributed by atoms with van der Waals surface area (Å²) >= 11 is 0. The molecule has 0 aliphatic heterocycles. The third-order valence-corrected chi connectivity index (χ3v) is 7.26. The van der Waals surface area contributed by atoms with Crippen molar-refractivity contribution in [2.24, 2.45) is 0 Å². The second-order valence-corrected chi connectivity index (χ2v) is 10.1. The van der Waals surface area contributed by atoms with Gasteiger partial charge in [0.15, 0.2) is 0 Å². The molecule has 0 saturated heterocycles. The first-order valence-electron chi connectivity index (χ1n) is 10.6. The van der Waals surface area contributed by atoms with Gasteiger partial charge in [0.05, 0.1) is 11.0 Å². The lowest BCUT2D eigenvalue weighted by Gasteiger charge is -2.24. The Morgan fingerprint density at radius 3 is 2.57 bits per heavy atom. The van der Waals surface area contributed by atoms with Crippen molar-refractivity contribution >= 4 is 21.0 Å². The summed E-state index contributed by atoms with van der Waals surface area (Å²) in [5, 5.41) is 1.22. The van der Waals surface area contributed by atoms with Gasteiger partial charge in [-0.25, -0.2) is 0 Å². The molecule has 1 aromatic heterocycles. The number of aryl methyl sites for hydroxylation is 2. The van der Waals surface area contributed by atoms with Crippen LogP contribution in [-0.2, 0) is 33.7 Å². The van der Waals surface area contributed by atoms with E-state index in [4.69, 9.17) is 4.18 Å². The molecule has 5 nitrogen and oxygen atoms in total. The minimum Gasteiger partial charge on any atom is -0.344 e. The molecule has 0 bridgehead atoms. The lowest BCUT2D eigenvalue weighted by molar-refractivity contribution is 0.191. The molecule has 0 amide bonds. The summed E-state index contributed by atoms with van der Waals surface area (Å²) in [4.78, 5) is 2.43. The van der Waals surface area contributed by atoms with Gasteiger partial charge < -0.3 is 9.47 Å². The number of aromatic nitrogens is 1. The van der Waals surface area contributed by atoms with Crippen LogP contribution in [0, 0.1) is 6.92 Å². The normalized spacial score (nSPS) is 16.9. The van der Waals surface area contributed by atoms with Crippen LogP contribution in [0.2, 0.25) is 0 Å². The molecular formula is C24H30N2O3S. The quantitative estimate of drug-likeness (QED) is 0.532. The Kier molecular flexibility index (Phi) is 6.00. The fraction of sp³-hybridized carbons (Fsp3) is 0.417. The average molecular weight is 427 g/mol. The number of nitrogens with zero attached hydrogens (tertiary/aromatic N) is 2. The fourth-order valence-corrected chi connectivity index (χ4v) is 5.49. The minimum atomic E-state index is -3.76. The smallest absolute Gasteiger partial charge is 0.297 e. The van der Waals surface area contributed by atoms with Crippen LogP contribution in [0.4, 0.5) is 0 Å². The number of rotatable bonds is 7. The van der Waals surface area contributed by atoms with Gasteiger partial charge >= 0.3 is 0 Å². The minimum absolute atomic E-state index is 0.227. The molecule has 1 aliphatic carbocycles. The molecule has 1 unspecified atom stereocenters. The van der Waals surface area contributed by atoms with E-state index in [0.29, 0.717) is 12.8 Å². The van der Waals surface area contributed by atoms with Gasteiger partial charge in [-0.3, -0.25) is 4.18 Å². The SMILES string of the molecule is Cc1ccc(S(=O)(=O)OC2CCc3c(c4ccccc4n3CCCN(C)C)C2)cc1. The molecule has 0 saturated carbocycles. The summed E-state index contributed by atoms with van der Waals surface area (Å²) in [6, 6.07) is 15.3. The van der Waals surface area contributed by atoms with Gasteiger partial charge in [0.1, 0.15) is 0 Å². The molecule has 1 aliphatic rings. The summed E-state index contributed by atoms with van der Waals surface area (Å²) in [5.41, 5.74) is 4.84. The number of benzene rings is 2. The van der Waals surface area contributed by atoms with E-state index in [1.54, 1.807) is 24.3 Å². The van der Waals surface area contributed by atoms with Crippen LogP contribution in [0.15, 0.2) is 53.4 Å². The highest BCUT2D eigenvalue weighted by atomic mass is 32.2. The molecule has 0 N–H and O–H groups in total. The van der Waals surface area contributed by atoms with Gasteiger partial charge in [0, 0.05) is 29.6 Å². The van der Waals surface area contributed by atoms with Crippen molar-refractivity contribution in [2.75, 3.05) is 20.6 Å². The summed E-state index contributed by atoms with van der Waals surface area (Å²) in [6.07, 6.45) is 2.92. The Morgan fingerprint density at radius 2 is 1.83 bits per heavy atom. The van der Waals surface area contributed by atoms with E-state index in [2.05, 4.69) is 47.8 Å². The van der Waals surface area contributed by atoms with E-state index in [1.165, 1.54) is 22.2 Å². The van der Waals surface area contributed by atoms with Crippen molar-refractivity contribution in [2.45, 2.75) is 50.2 Å². The topological polar surface area (TPSA) is 51.5 Å². The van der Waals surface area contributed by atoms with E-state index in [1.807, 2.05) is 6.92 Å². The molecule has 160 valence electrons. The Balaban J connectivity index is 1.58. The van der Waals surface area contributed by atoms with Crippen molar-refractivity contribution < 1.29 is 12.6 Å². The number of fused-ring (bicyclic) bond motifs is 3. The number of para-hydroxylation sites is 1. The molecule has 2 aromatic carbocycles. The highest BCUT2D eigenvalue weighted by Crippen LogP contribution is 2.34. The highest BCUT2D eigenvalue weighted by molar-refractivity contribution is 7.86. The van der Waals surface area contributed by atoms with Crippen molar-refractivity contribution in [3.63, 3.8) is 0 Å². The van der Waals surface area contributed by atoms with Crippen LogP contribution in [0.3, 0.4) is 0 Å². The van der Waals surface area contributed by atoms with E-state index >= 15 is 0 Å². The Morgan fingerprint density at radius 1 is 1.10 bits per heavy atom. The standard InChI is InChI=1S/C24H30N2O3S/c1-18-9-12-20(13-10-18)30(27,28)29-19-11-14-24-22(17-19)21-7-4-5-8-23(21)26(24)16-6-15-25(2)3/h4-5,7-10,12-13,19H,6,11,14-17H2,1-3H3. The molecule has 1 heterocycles. The van der Waals surface area contributed by atoms with E-state index in [0.717, 1.165) is 31.5 Å². The van der Waals surface area contributed by atoms with Crippen molar-refractivity contribution in [1.29, 1.82) is 0 Å². The summed E-state index contributed by atoms with van der Waals surface area (Å²) in [7, 11) is 0.432. The highest BCUT2D eigenvalue weighted by Gasteiger charge is 2.29. The predicted molar refractivity (Wildman–Crippen MR) is 120 cm³/mol. The van der Waals surface area contributed by atoms with Crippen LogP contribution in [0.5, 0.6) is 0 Å². The van der Waals surface area contributed by atoms with Crippen LogP contribution in [-0.4, -0.2) is 44.6 Å².